The van der Waals surface area contributed by atoms with Gasteiger partial charge >= 0.3 is 0 Å². The van der Waals surface area contributed by atoms with Gasteiger partial charge in [0, 0.05) is 17.0 Å². The van der Waals surface area contributed by atoms with E-state index in [4.69, 9.17) is 22.1 Å². The number of hydrogen-bond donors (Lipinski definition) is 1. The number of hydrogen-bond acceptors (Lipinski definition) is 4. The monoisotopic (exact) mass is 348 g/mol. The number of nitro groups is 1. The normalized spacial score (nSPS) is 10.6. The Morgan fingerprint density at radius 2 is 2.21 bits per heavy atom. The van der Waals surface area contributed by atoms with Gasteiger partial charge in [0.25, 0.3) is 5.69 Å². The summed E-state index contributed by atoms with van der Waals surface area (Å²) in [4.78, 5) is 21.2. The van der Waals surface area contributed by atoms with Crippen LogP contribution in [0.3, 0.4) is 0 Å². The number of rotatable bonds is 6. The Balaban J connectivity index is 3.11. The fraction of sp³-hybridized carbons (Fsp3) is 0.182. The number of amides is 1. The first-order valence-corrected chi connectivity index (χ1v) is 6.58. The van der Waals surface area contributed by atoms with E-state index in [1.54, 1.807) is 12.2 Å². The summed E-state index contributed by atoms with van der Waals surface area (Å²) in [5.74, 6) is -0.746. The van der Waals surface area contributed by atoms with Crippen LogP contribution in [0.25, 0.3) is 0 Å². The molecule has 8 heteroatoms. The third-order valence-electron chi connectivity index (χ3n) is 2.09. The second-order valence-electron chi connectivity index (χ2n) is 3.37. The summed E-state index contributed by atoms with van der Waals surface area (Å²) >= 11 is 9.03. The second kappa shape index (κ2) is 7.10. The highest BCUT2D eigenvalue weighted by atomic mass is 79.9. The number of halogens is 2. The van der Waals surface area contributed by atoms with Gasteiger partial charge in [0.15, 0.2) is 5.02 Å². The van der Waals surface area contributed by atoms with Crippen molar-refractivity contribution in [3.63, 3.8) is 0 Å². The molecule has 1 rings (SSSR count). The van der Waals surface area contributed by atoms with Crippen molar-refractivity contribution in [3.8, 4) is 5.75 Å². The molecule has 0 aliphatic carbocycles. The van der Waals surface area contributed by atoms with Crippen LogP contribution in [0.2, 0.25) is 5.02 Å². The number of primary amides is 1. The van der Waals surface area contributed by atoms with Crippen LogP contribution in [0.15, 0.2) is 24.3 Å². The zero-order chi connectivity index (χ0) is 14.4. The standard InChI is InChI=1S/C11H10BrClN2O4/c12-3-1-2-4-19-9-6-7(11(14)16)5-8(10(9)13)15(17)18/h1-2,5-6H,3-4H2,(H2,14,16)/b2-1+. The van der Waals surface area contributed by atoms with Crippen LogP contribution < -0.4 is 10.5 Å². The van der Waals surface area contributed by atoms with Crippen molar-refractivity contribution in [2.24, 2.45) is 5.73 Å². The Bertz CT molecular complexity index is 534. The molecule has 19 heavy (non-hydrogen) atoms. The Hall–Kier alpha value is -1.60. The summed E-state index contributed by atoms with van der Waals surface area (Å²) in [7, 11) is 0. The van der Waals surface area contributed by atoms with E-state index in [9.17, 15) is 14.9 Å². The van der Waals surface area contributed by atoms with Gasteiger partial charge in [0.05, 0.1) is 4.92 Å². The maximum Gasteiger partial charge on any atom is 0.292 e. The SMILES string of the molecule is NC(=O)c1cc(OC/C=C/CBr)c(Cl)c([N+](=O)[O-])c1. The van der Waals surface area contributed by atoms with E-state index in [1.165, 1.54) is 6.07 Å². The molecular weight excluding hydrogens is 339 g/mol. The molecule has 0 aliphatic heterocycles. The molecule has 102 valence electrons. The number of benzene rings is 1. The van der Waals surface area contributed by atoms with Crippen molar-refractivity contribution < 1.29 is 14.5 Å². The number of carbonyl (C=O) groups is 1. The number of alkyl halides is 1. The van der Waals surface area contributed by atoms with E-state index in [-0.39, 0.29) is 22.9 Å². The first-order valence-electron chi connectivity index (χ1n) is 5.09. The van der Waals surface area contributed by atoms with Crippen molar-refractivity contribution in [1.29, 1.82) is 0 Å². The predicted molar refractivity (Wildman–Crippen MR) is 75.1 cm³/mol. The maximum atomic E-state index is 11.1. The number of ether oxygens (including phenoxy) is 1. The average Bonchev–Trinajstić information content (AvgIpc) is 2.35. The van der Waals surface area contributed by atoms with E-state index < -0.39 is 16.5 Å². The molecule has 0 atom stereocenters. The molecule has 0 fully saturated rings. The molecule has 0 spiro atoms. The topological polar surface area (TPSA) is 95.5 Å². The van der Waals surface area contributed by atoms with E-state index in [0.717, 1.165) is 6.07 Å². The fourth-order valence-electron chi connectivity index (χ4n) is 1.23. The highest BCUT2D eigenvalue weighted by Crippen LogP contribution is 2.35. The minimum atomic E-state index is -0.791. The van der Waals surface area contributed by atoms with Crippen molar-refractivity contribution in [3.05, 3.63) is 45.0 Å². The third-order valence-corrected chi connectivity index (χ3v) is 2.85. The van der Waals surface area contributed by atoms with Crippen LogP contribution in [-0.2, 0) is 0 Å². The second-order valence-corrected chi connectivity index (χ2v) is 4.39. The molecule has 6 nitrogen and oxygen atoms in total. The summed E-state index contributed by atoms with van der Waals surface area (Å²) < 4.78 is 5.27. The molecule has 0 radical (unpaired) electrons. The molecular formula is C11H10BrClN2O4. The maximum absolute atomic E-state index is 11.1. The van der Waals surface area contributed by atoms with Crippen LogP contribution >= 0.6 is 27.5 Å². The molecule has 0 saturated heterocycles. The smallest absolute Gasteiger partial charge is 0.292 e. The highest BCUT2D eigenvalue weighted by molar-refractivity contribution is 9.09. The van der Waals surface area contributed by atoms with Gasteiger partial charge in [-0.15, -0.1) is 0 Å². The summed E-state index contributed by atoms with van der Waals surface area (Å²) in [5, 5.41) is 11.3. The molecule has 0 bridgehead atoms. The van der Waals surface area contributed by atoms with Crippen LogP contribution in [0.5, 0.6) is 5.75 Å². The summed E-state index contributed by atoms with van der Waals surface area (Å²) in [6.07, 6.45) is 3.49. The van der Waals surface area contributed by atoms with Crippen molar-refractivity contribution in [2.75, 3.05) is 11.9 Å². The zero-order valence-corrected chi connectivity index (χ0v) is 12.0. The molecule has 0 heterocycles. The minimum Gasteiger partial charge on any atom is -0.488 e. The van der Waals surface area contributed by atoms with Crippen LogP contribution in [0.1, 0.15) is 10.4 Å². The molecule has 0 aliphatic rings. The molecule has 2 N–H and O–H groups in total. The molecule has 0 aromatic heterocycles. The quantitative estimate of drug-likeness (QED) is 0.369. The minimum absolute atomic E-state index is 0.0319. The molecule has 0 unspecified atom stereocenters. The van der Waals surface area contributed by atoms with Crippen molar-refractivity contribution >= 4 is 39.1 Å². The van der Waals surface area contributed by atoms with Gasteiger partial charge in [-0.2, -0.15) is 0 Å². The summed E-state index contributed by atoms with van der Waals surface area (Å²) in [6, 6.07) is 2.30. The lowest BCUT2D eigenvalue weighted by Crippen LogP contribution is -2.12. The molecule has 1 aromatic carbocycles. The van der Waals surface area contributed by atoms with Gasteiger partial charge in [0.1, 0.15) is 12.4 Å². The van der Waals surface area contributed by atoms with Gasteiger partial charge in [-0.25, -0.2) is 0 Å². The van der Waals surface area contributed by atoms with Gasteiger partial charge in [-0.1, -0.05) is 39.7 Å². The van der Waals surface area contributed by atoms with E-state index in [0.29, 0.717) is 5.33 Å². The summed E-state index contributed by atoms with van der Waals surface area (Å²) in [6.45, 7) is 0.171. The van der Waals surface area contributed by atoms with Crippen molar-refractivity contribution in [1.82, 2.24) is 0 Å². The Morgan fingerprint density at radius 3 is 2.74 bits per heavy atom. The van der Waals surface area contributed by atoms with Crippen LogP contribution in [0.4, 0.5) is 5.69 Å². The molecule has 0 saturated carbocycles. The van der Waals surface area contributed by atoms with Gasteiger partial charge < -0.3 is 10.5 Å². The Kier molecular flexibility index (Phi) is 5.78. The number of nitrogens with zero attached hydrogens (tertiary/aromatic N) is 1. The Labute approximate surface area is 122 Å². The largest absolute Gasteiger partial charge is 0.488 e. The van der Waals surface area contributed by atoms with Crippen LogP contribution in [-0.4, -0.2) is 22.8 Å². The third kappa shape index (κ3) is 4.22. The van der Waals surface area contributed by atoms with Crippen molar-refractivity contribution in [2.45, 2.75) is 0 Å². The van der Waals surface area contributed by atoms with Gasteiger partial charge in [-0.3, -0.25) is 14.9 Å². The molecule has 1 amide bonds. The lowest BCUT2D eigenvalue weighted by Gasteiger charge is -2.07. The summed E-state index contributed by atoms with van der Waals surface area (Å²) in [5.41, 5.74) is 4.65. The number of nitrogens with two attached hydrogens (primary N) is 1. The molecule has 1 aromatic rings. The number of carbonyl (C=O) groups excluding carboxylic acids is 1. The van der Waals surface area contributed by atoms with E-state index >= 15 is 0 Å². The van der Waals surface area contributed by atoms with Crippen LogP contribution in [0, 0.1) is 10.1 Å². The Morgan fingerprint density at radius 1 is 1.53 bits per heavy atom. The fourth-order valence-corrected chi connectivity index (χ4v) is 1.73. The lowest BCUT2D eigenvalue weighted by atomic mass is 10.2. The number of allylic oxidation sites excluding steroid dienone is 1. The predicted octanol–water partition coefficient (Wildman–Crippen LogP) is 2.68. The van der Waals surface area contributed by atoms with Gasteiger partial charge in [-0.05, 0) is 6.07 Å². The van der Waals surface area contributed by atoms with E-state index in [1.807, 2.05) is 0 Å². The van der Waals surface area contributed by atoms with E-state index in [2.05, 4.69) is 15.9 Å². The first kappa shape index (κ1) is 15.5. The zero-order valence-electron chi connectivity index (χ0n) is 9.64. The first-order chi connectivity index (χ1) is 8.97. The number of nitro benzene ring substituents is 1. The lowest BCUT2D eigenvalue weighted by molar-refractivity contribution is -0.384. The van der Waals surface area contributed by atoms with Gasteiger partial charge in [0.2, 0.25) is 5.91 Å². The average molecular weight is 350 g/mol. The highest BCUT2D eigenvalue weighted by Gasteiger charge is 2.20.